The Labute approximate surface area is 117 Å². The van der Waals surface area contributed by atoms with Crippen LogP contribution in [0.4, 0.5) is 13.2 Å². The topological polar surface area (TPSA) is 106 Å². The lowest BCUT2D eigenvalue weighted by molar-refractivity contribution is -0.137. The predicted octanol–water partition coefficient (Wildman–Crippen LogP) is 2.61. The molecule has 21 heavy (non-hydrogen) atoms. The zero-order chi connectivity index (χ0) is 16.0. The molecule has 0 fully saturated rings. The second-order valence-electron chi connectivity index (χ2n) is 4.26. The summed E-state index contributed by atoms with van der Waals surface area (Å²) in [6, 6.07) is 2.37. The minimum atomic E-state index is -4.68. The molecule has 0 saturated carbocycles. The number of rotatable bonds is 6. The summed E-state index contributed by atoms with van der Waals surface area (Å²) in [5.41, 5.74) is 6.49. The van der Waals surface area contributed by atoms with E-state index in [2.05, 4.69) is 10.0 Å². The van der Waals surface area contributed by atoms with E-state index >= 15 is 0 Å². The molecule has 0 bridgehead atoms. The number of carbonyl (C=O) groups excluding carboxylic acids is 1. The third-order valence-electron chi connectivity index (χ3n) is 2.74. The summed E-state index contributed by atoms with van der Waals surface area (Å²) in [6.07, 6.45) is -7.63. The Morgan fingerprint density at radius 1 is 1.33 bits per heavy atom. The summed E-state index contributed by atoms with van der Waals surface area (Å²) in [5, 5.41) is 22.6. The van der Waals surface area contributed by atoms with Gasteiger partial charge in [-0.1, -0.05) is 5.11 Å². The zero-order valence-electron chi connectivity index (χ0n) is 10.7. The van der Waals surface area contributed by atoms with E-state index in [1.165, 1.54) is 0 Å². The number of hydrogen-bond acceptors (Lipinski definition) is 4. The summed E-state index contributed by atoms with van der Waals surface area (Å²) in [5.74, 6) is 0. The second-order valence-corrected chi connectivity index (χ2v) is 4.26. The van der Waals surface area contributed by atoms with Crippen molar-refractivity contribution in [1.82, 2.24) is 0 Å². The molecular formula is C12H12F3N3O3. The fourth-order valence-corrected chi connectivity index (χ4v) is 1.69. The van der Waals surface area contributed by atoms with Gasteiger partial charge >= 0.3 is 6.18 Å². The van der Waals surface area contributed by atoms with Crippen LogP contribution in [0, 0.1) is 0 Å². The van der Waals surface area contributed by atoms with Gasteiger partial charge in [0.1, 0.15) is 12.4 Å². The lowest BCUT2D eigenvalue weighted by Crippen LogP contribution is -2.20. The summed E-state index contributed by atoms with van der Waals surface area (Å²) >= 11 is 0. The van der Waals surface area contributed by atoms with Crippen LogP contribution < -0.4 is 0 Å². The molecule has 0 spiro atoms. The number of nitrogens with zero attached hydrogens (tertiary/aromatic N) is 3. The Hall–Kier alpha value is -2.09. The van der Waals surface area contributed by atoms with Crippen molar-refractivity contribution in [2.75, 3.05) is 6.54 Å². The molecule has 2 atom stereocenters. The average Bonchev–Trinajstić information content (AvgIpc) is 2.45. The standard InChI is InChI=1S/C12H12F3N3O3/c13-12(14,15)9-4-7(6-19)3-8(5-9)11(21)10(20)1-2-17-18-16/h3-6,10-11,20-21H,1-2H2. The Bertz CT molecular complexity index is 556. The first kappa shape index (κ1) is 17.0. The van der Waals surface area contributed by atoms with Crippen molar-refractivity contribution in [1.29, 1.82) is 0 Å². The Morgan fingerprint density at radius 2 is 2.00 bits per heavy atom. The molecule has 1 aromatic rings. The lowest BCUT2D eigenvalue weighted by Gasteiger charge is -2.19. The molecule has 9 heteroatoms. The van der Waals surface area contributed by atoms with Crippen molar-refractivity contribution >= 4 is 6.29 Å². The Balaban J connectivity index is 3.05. The summed E-state index contributed by atoms with van der Waals surface area (Å²) < 4.78 is 38.0. The van der Waals surface area contributed by atoms with Gasteiger partial charge in [-0.25, -0.2) is 0 Å². The Morgan fingerprint density at radius 3 is 2.52 bits per heavy atom. The predicted molar refractivity (Wildman–Crippen MR) is 66.4 cm³/mol. The lowest BCUT2D eigenvalue weighted by atomic mass is 9.97. The second kappa shape index (κ2) is 7.07. The van der Waals surface area contributed by atoms with Crippen LogP contribution in [-0.2, 0) is 6.18 Å². The van der Waals surface area contributed by atoms with Gasteiger partial charge in [-0.15, -0.1) is 0 Å². The SMILES string of the molecule is [N-]=[N+]=NCCC(O)C(O)c1cc(C=O)cc(C(F)(F)F)c1. The van der Waals surface area contributed by atoms with Crippen LogP contribution >= 0.6 is 0 Å². The Kier molecular flexibility index (Phi) is 5.71. The van der Waals surface area contributed by atoms with E-state index in [1.54, 1.807) is 0 Å². The maximum atomic E-state index is 12.7. The molecule has 1 rings (SSSR count). The number of aldehydes is 1. The molecular weight excluding hydrogens is 291 g/mol. The molecule has 0 aliphatic rings. The van der Waals surface area contributed by atoms with Gasteiger partial charge in [-0.2, -0.15) is 13.2 Å². The normalized spacial score (nSPS) is 14.1. The monoisotopic (exact) mass is 303 g/mol. The van der Waals surface area contributed by atoms with Gasteiger partial charge < -0.3 is 10.2 Å². The van der Waals surface area contributed by atoms with E-state index in [9.17, 15) is 28.2 Å². The molecule has 0 aromatic heterocycles. The molecule has 0 amide bonds. The van der Waals surface area contributed by atoms with Gasteiger partial charge in [0.2, 0.25) is 0 Å². The quantitative estimate of drug-likeness (QED) is 0.365. The summed E-state index contributed by atoms with van der Waals surface area (Å²) in [7, 11) is 0. The van der Waals surface area contributed by atoms with E-state index < -0.39 is 23.9 Å². The number of aliphatic hydroxyl groups excluding tert-OH is 2. The van der Waals surface area contributed by atoms with E-state index in [0.29, 0.717) is 12.1 Å². The fourth-order valence-electron chi connectivity index (χ4n) is 1.69. The minimum Gasteiger partial charge on any atom is -0.390 e. The van der Waals surface area contributed by atoms with Crippen LogP contribution in [0.3, 0.4) is 0 Å². The maximum Gasteiger partial charge on any atom is 0.416 e. The fraction of sp³-hybridized carbons (Fsp3) is 0.417. The molecule has 0 aliphatic carbocycles. The van der Waals surface area contributed by atoms with Gasteiger partial charge in [0, 0.05) is 17.0 Å². The minimum absolute atomic E-state index is 0.117. The molecule has 0 radical (unpaired) electrons. The molecule has 0 aliphatic heterocycles. The van der Waals surface area contributed by atoms with Crippen molar-refractivity contribution in [3.05, 3.63) is 45.3 Å². The van der Waals surface area contributed by atoms with Crippen LogP contribution in [0.15, 0.2) is 23.3 Å². The van der Waals surface area contributed by atoms with Crippen molar-refractivity contribution in [2.24, 2.45) is 5.11 Å². The molecule has 114 valence electrons. The van der Waals surface area contributed by atoms with E-state index in [1.807, 2.05) is 0 Å². The van der Waals surface area contributed by atoms with Crippen LogP contribution in [0.2, 0.25) is 0 Å². The van der Waals surface area contributed by atoms with E-state index in [0.717, 1.165) is 6.07 Å². The first-order valence-electron chi connectivity index (χ1n) is 5.84. The average molecular weight is 303 g/mol. The van der Waals surface area contributed by atoms with Crippen LogP contribution in [0.25, 0.3) is 10.4 Å². The van der Waals surface area contributed by atoms with Crippen molar-refractivity contribution in [3.63, 3.8) is 0 Å². The number of alkyl halides is 3. The van der Waals surface area contributed by atoms with E-state index in [4.69, 9.17) is 5.53 Å². The molecule has 1 aromatic carbocycles. The van der Waals surface area contributed by atoms with Crippen LogP contribution in [0.1, 0.15) is 34.0 Å². The van der Waals surface area contributed by atoms with Gasteiger partial charge in [-0.05, 0) is 35.7 Å². The smallest absolute Gasteiger partial charge is 0.390 e. The highest BCUT2D eigenvalue weighted by Crippen LogP contribution is 2.32. The van der Waals surface area contributed by atoms with Gasteiger partial charge in [0.25, 0.3) is 0 Å². The molecule has 6 nitrogen and oxygen atoms in total. The number of benzene rings is 1. The third-order valence-corrected chi connectivity index (χ3v) is 2.74. The number of halogens is 3. The highest BCUT2D eigenvalue weighted by molar-refractivity contribution is 5.75. The first-order chi connectivity index (χ1) is 9.79. The third kappa shape index (κ3) is 4.75. The largest absolute Gasteiger partial charge is 0.416 e. The summed E-state index contributed by atoms with van der Waals surface area (Å²) in [6.45, 7) is -0.117. The van der Waals surface area contributed by atoms with Crippen molar-refractivity contribution in [2.45, 2.75) is 24.8 Å². The first-order valence-corrected chi connectivity index (χ1v) is 5.84. The zero-order valence-corrected chi connectivity index (χ0v) is 10.7. The van der Waals surface area contributed by atoms with Gasteiger partial charge in [0.15, 0.2) is 0 Å². The van der Waals surface area contributed by atoms with Crippen LogP contribution in [-0.4, -0.2) is 29.1 Å². The number of aliphatic hydroxyl groups is 2. The number of hydrogen-bond donors (Lipinski definition) is 2. The van der Waals surface area contributed by atoms with Crippen molar-refractivity contribution < 1.29 is 28.2 Å². The molecule has 0 saturated heterocycles. The number of azide groups is 1. The van der Waals surface area contributed by atoms with Gasteiger partial charge in [0.05, 0.1) is 11.7 Å². The van der Waals surface area contributed by atoms with Gasteiger partial charge in [-0.3, -0.25) is 4.79 Å². The highest BCUT2D eigenvalue weighted by Gasteiger charge is 2.32. The number of carbonyl (C=O) groups is 1. The van der Waals surface area contributed by atoms with Crippen LogP contribution in [0.5, 0.6) is 0 Å². The summed E-state index contributed by atoms with van der Waals surface area (Å²) in [4.78, 5) is 13.1. The van der Waals surface area contributed by atoms with Crippen molar-refractivity contribution in [3.8, 4) is 0 Å². The molecule has 2 unspecified atom stereocenters. The highest BCUT2D eigenvalue weighted by atomic mass is 19.4. The van der Waals surface area contributed by atoms with E-state index in [-0.39, 0.29) is 30.4 Å². The maximum absolute atomic E-state index is 12.7. The molecule has 2 N–H and O–H groups in total. The molecule has 0 heterocycles.